The summed E-state index contributed by atoms with van der Waals surface area (Å²) < 4.78 is 18.5. The molecule has 0 N–H and O–H groups in total. The van der Waals surface area contributed by atoms with Crippen molar-refractivity contribution in [2.24, 2.45) is 0 Å². The summed E-state index contributed by atoms with van der Waals surface area (Å²) in [6.07, 6.45) is 4.96. The lowest BCUT2D eigenvalue weighted by Crippen LogP contribution is -2.24. The van der Waals surface area contributed by atoms with Crippen LogP contribution in [0.5, 0.6) is 5.88 Å². The van der Waals surface area contributed by atoms with E-state index in [1.807, 2.05) is 6.07 Å². The molecule has 1 atom stereocenters. The minimum atomic E-state index is -0.0562. The van der Waals surface area contributed by atoms with Gasteiger partial charge in [0, 0.05) is 17.3 Å². The SMILES string of the molecule is Brc1cnc(OCCO[C@@H]2CCCCO2)c(I)c1. The average Bonchev–Trinajstić information content (AvgIpc) is 2.38. The van der Waals surface area contributed by atoms with Gasteiger partial charge < -0.3 is 14.2 Å². The van der Waals surface area contributed by atoms with Gasteiger partial charge in [0.25, 0.3) is 0 Å². The van der Waals surface area contributed by atoms with Crippen molar-refractivity contribution in [1.29, 1.82) is 0 Å². The average molecular weight is 428 g/mol. The van der Waals surface area contributed by atoms with E-state index in [0.717, 1.165) is 27.5 Å². The van der Waals surface area contributed by atoms with Gasteiger partial charge in [-0.2, -0.15) is 0 Å². The third kappa shape index (κ3) is 4.64. The highest BCUT2D eigenvalue weighted by Gasteiger charge is 2.13. The zero-order chi connectivity index (χ0) is 12.8. The molecular weight excluding hydrogens is 413 g/mol. The monoisotopic (exact) mass is 427 g/mol. The molecule has 6 heteroatoms. The highest BCUT2D eigenvalue weighted by atomic mass is 127. The summed E-state index contributed by atoms with van der Waals surface area (Å²) in [5.41, 5.74) is 0. The first-order valence-corrected chi connectivity index (χ1v) is 7.80. The van der Waals surface area contributed by atoms with Gasteiger partial charge in [-0.25, -0.2) is 4.98 Å². The van der Waals surface area contributed by atoms with E-state index < -0.39 is 0 Å². The van der Waals surface area contributed by atoms with Crippen molar-refractivity contribution in [3.8, 4) is 5.88 Å². The number of nitrogens with zero attached hydrogens (tertiary/aromatic N) is 1. The van der Waals surface area contributed by atoms with Crippen LogP contribution in [0.2, 0.25) is 0 Å². The Labute approximate surface area is 129 Å². The third-order valence-corrected chi connectivity index (χ3v) is 3.74. The molecular formula is C12H15BrINO3. The van der Waals surface area contributed by atoms with E-state index in [0.29, 0.717) is 19.1 Å². The number of rotatable bonds is 5. The van der Waals surface area contributed by atoms with Gasteiger partial charge >= 0.3 is 0 Å². The van der Waals surface area contributed by atoms with Crippen molar-refractivity contribution in [2.75, 3.05) is 19.8 Å². The van der Waals surface area contributed by atoms with Gasteiger partial charge in [-0.1, -0.05) is 0 Å². The van der Waals surface area contributed by atoms with Crippen molar-refractivity contribution in [1.82, 2.24) is 4.98 Å². The van der Waals surface area contributed by atoms with Crippen molar-refractivity contribution in [3.63, 3.8) is 0 Å². The van der Waals surface area contributed by atoms with E-state index in [9.17, 15) is 0 Å². The summed E-state index contributed by atoms with van der Waals surface area (Å²) in [5.74, 6) is 0.645. The number of aromatic nitrogens is 1. The van der Waals surface area contributed by atoms with Gasteiger partial charge in [0.1, 0.15) is 6.61 Å². The standard InChI is InChI=1S/C12H15BrINO3/c13-9-7-10(14)12(15-8-9)18-6-5-17-11-3-1-2-4-16-11/h7-8,11H,1-6H2/t11-/m1/s1. The summed E-state index contributed by atoms with van der Waals surface area (Å²) in [4.78, 5) is 4.20. The van der Waals surface area contributed by atoms with E-state index in [1.54, 1.807) is 6.20 Å². The highest BCUT2D eigenvalue weighted by Crippen LogP contribution is 2.21. The molecule has 1 aliphatic heterocycles. The Bertz CT molecular complexity index is 386. The Kier molecular flexibility index (Phi) is 6.13. The molecule has 18 heavy (non-hydrogen) atoms. The minimum absolute atomic E-state index is 0.0562. The molecule has 2 heterocycles. The van der Waals surface area contributed by atoms with Gasteiger partial charge in [-0.05, 0) is 63.8 Å². The van der Waals surface area contributed by atoms with Gasteiger partial charge in [-0.3, -0.25) is 0 Å². The van der Waals surface area contributed by atoms with Crippen molar-refractivity contribution >= 4 is 38.5 Å². The third-order valence-electron chi connectivity index (χ3n) is 2.54. The molecule has 0 aromatic carbocycles. The zero-order valence-electron chi connectivity index (χ0n) is 9.90. The Morgan fingerprint density at radius 2 is 2.33 bits per heavy atom. The summed E-state index contributed by atoms with van der Waals surface area (Å²) >= 11 is 5.56. The first-order valence-electron chi connectivity index (χ1n) is 5.93. The Morgan fingerprint density at radius 1 is 1.44 bits per heavy atom. The molecule has 0 spiro atoms. The minimum Gasteiger partial charge on any atom is -0.474 e. The molecule has 0 saturated carbocycles. The molecule has 0 unspecified atom stereocenters. The summed E-state index contributed by atoms with van der Waals surface area (Å²) in [6, 6.07) is 1.97. The number of hydrogen-bond acceptors (Lipinski definition) is 4. The fourth-order valence-corrected chi connectivity index (χ4v) is 3.06. The van der Waals surface area contributed by atoms with E-state index in [-0.39, 0.29) is 6.29 Å². The predicted molar refractivity (Wildman–Crippen MR) is 79.7 cm³/mol. The lowest BCUT2D eigenvalue weighted by molar-refractivity contribution is -0.165. The van der Waals surface area contributed by atoms with Gasteiger partial charge in [0.2, 0.25) is 5.88 Å². The van der Waals surface area contributed by atoms with Crippen molar-refractivity contribution in [2.45, 2.75) is 25.6 Å². The highest BCUT2D eigenvalue weighted by molar-refractivity contribution is 14.1. The van der Waals surface area contributed by atoms with E-state index in [4.69, 9.17) is 14.2 Å². The molecule has 2 rings (SSSR count). The maximum Gasteiger partial charge on any atom is 0.227 e. The fraction of sp³-hybridized carbons (Fsp3) is 0.583. The Hall–Kier alpha value is 0.0800. The van der Waals surface area contributed by atoms with Crippen molar-refractivity contribution in [3.05, 3.63) is 20.3 Å². The molecule has 1 aliphatic rings. The van der Waals surface area contributed by atoms with E-state index >= 15 is 0 Å². The van der Waals surface area contributed by atoms with Crippen LogP contribution >= 0.6 is 38.5 Å². The maximum absolute atomic E-state index is 5.58. The summed E-state index contributed by atoms with van der Waals surface area (Å²) in [7, 11) is 0. The molecule has 1 fully saturated rings. The lowest BCUT2D eigenvalue weighted by atomic mass is 10.2. The smallest absolute Gasteiger partial charge is 0.227 e. The van der Waals surface area contributed by atoms with Crippen LogP contribution in [0.4, 0.5) is 0 Å². The van der Waals surface area contributed by atoms with Crippen LogP contribution in [0.1, 0.15) is 19.3 Å². The first-order chi connectivity index (χ1) is 8.75. The Morgan fingerprint density at radius 3 is 3.06 bits per heavy atom. The lowest BCUT2D eigenvalue weighted by Gasteiger charge is -2.22. The number of ether oxygens (including phenoxy) is 3. The molecule has 4 nitrogen and oxygen atoms in total. The largest absolute Gasteiger partial charge is 0.474 e. The summed E-state index contributed by atoms with van der Waals surface area (Å²) in [5, 5.41) is 0. The first kappa shape index (κ1) is 14.5. The normalized spacial score (nSPS) is 19.8. The van der Waals surface area contributed by atoms with Gasteiger partial charge in [0.05, 0.1) is 10.2 Å². The quantitative estimate of drug-likeness (QED) is 0.533. The topological polar surface area (TPSA) is 40.6 Å². The van der Waals surface area contributed by atoms with Crippen LogP contribution in [0.3, 0.4) is 0 Å². The van der Waals surface area contributed by atoms with Crippen LogP contribution in [0.15, 0.2) is 16.7 Å². The molecule has 0 amide bonds. The molecule has 100 valence electrons. The molecule has 0 aliphatic carbocycles. The number of hydrogen-bond donors (Lipinski definition) is 0. The van der Waals surface area contributed by atoms with Gasteiger partial charge in [-0.15, -0.1) is 0 Å². The van der Waals surface area contributed by atoms with E-state index in [1.165, 1.54) is 6.42 Å². The molecule has 0 radical (unpaired) electrons. The predicted octanol–water partition coefficient (Wildman–Crippen LogP) is 3.37. The second-order valence-corrected chi connectivity index (χ2v) is 6.03. The van der Waals surface area contributed by atoms with Crippen LogP contribution in [0, 0.1) is 3.57 Å². The number of pyridine rings is 1. The number of halogens is 2. The second kappa shape index (κ2) is 7.62. The zero-order valence-corrected chi connectivity index (χ0v) is 13.6. The maximum atomic E-state index is 5.58. The molecule has 1 saturated heterocycles. The van der Waals surface area contributed by atoms with Crippen molar-refractivity contribution < 1.29 is 14.2 Å². The molecule has 1 aromatic heterocycles. The Balaban J connectivity index is 1.68. The van der Waals surface area contributed by atoms with Crippen LogP contribution < -0.4 is 4.74 Å². The summed E-state index contributed by atoms with van der Waals surface area (Å²) in [6.45, 7) is 1.82. The van der Waals surface area contributed by atoms with Crippen LogP contribution in [-0.2, 0) is 9.47 Å². The fourth-order valence-electron chi connectivity index (χ4n) is 1.67. The van der Waals surface area contributed by atoms with Gasteiger partial charge in [0.15, 0.2) is 6.29 Å². The molecule has 0 bridgehead atoms. The van der Waals surface area contributed by atoms with Crippen LogP contribution in [0.25, 0.3) is 0 Å². The second-order valence-electron chi connectivity index (χ2n) is 3.96. The van der Waals surface area contributed by atoms with E-state index in [2.05, 4.69) is 43.5 Å². The van der Waals surface area contributed by atoms with Crippen LogP contribution in [-0.4, -0.2) is 31.1 Å². The molecule has 1 aromatic rings.